The van der Waals surface area contributed by atoms with Crippen LogP contribution in [0.2, 0.25) is 0 Å². The molecular weight excluding hydrogens is 336 g/mol. The van der Waals surface area contributed by atoms with Gasteiger partial charge in [0.05, 0.1) is 16.3 Å². The Kier molecular flexibility index (Phi) is 5.11. The topological polar surface area (TPSA) is 34.9 Å². The summed E-state index contributed by atoms with van der Waals surface area (Å²) in [6.45, 7) is 10.7. The molecule has 1 aromatic heterocycles. The van der Waals surface area contributed by atoms with Gasteiger partial charge >= 0.3 is 0 Å². The van der Waals surface area contributed by atoms with Gasteiger partial charge in [-0.1, -0.05) is 38.6 Å². The Morgan fingerprint density at radius 1 is 1.33 bits per heavy atom. The second kappa shape index (κ2) is 6.96. The van der Waals surface area contributed by atoms with Crippen molar-refractivity contribution in [3.05, 3.63) is 45.4 Å². The maximum atomic E-state index is 13.2. The molecule has 0 saturated carbocycles. The maximum Gasteiger partial charge on any atom is 0.272 e. The highest BCUT2D eigenvalue weighted by molar-refractivity contribution is 8.00. The van der Waals surface area contributed by atoms with Crippen molar-refractivity contribution in [3.63, 3.8) is 0 Å². The molecule has 0 radical (unpaired) electrons. The number of benzene rings is 1. The monoisotopic (exact) mass is 360 g/mol. The summed E-state index contributed by atoms with van der Waals surface area (Å²) in [7, 11) is 0. The SMILES string of the molecule is CC[C@H](C)Sc1nc2c(c(=O)n1-c1cc(C)cc(C)c1)S[C@@H](C)C2. The predicted octanol–water partition coefficient (Wildman–Crippen LogP) is 4.78. The highest BCUT2D eigenvalue weighted by Gasteiger charge is 2.27. The Labute approximate surface area is 152 Å². The molecule has 0 aliphatic carbocycles. The van der Waals surface area contributed by atoms with E-state index < -0.39 is 0 Å². The van der Waals surface area contributed by atoms with Crippen LogP contribution in [0.5, 0.6) is 0 Å². The van der Waals surface area contributed by atoms with Gasteiger partial charge in [0, 0.05) is 16.9 Å². The summed E-state index contributed by atoms with van der Waals surface area (Å²) in [6.07, 6.45) is 1.94. The van der Waals surface area contributed by atoms with Crippen LogP contribution in [0.4, 0.5) is 0 Å². The quantitative estimate of drug-likeness (QED) is 0.581. The van der Waals surface area contributed by atoms with E-state index in [-0.39, 0.29) is 5.56 Å². The second-order valence-electron chi connectivity index (χ2n) is 6.63. The molecule has 0 fully saturated rings. The first-order valence-electron chi connectivity index (χ1n) is 8.47. The summed E-state index contributed by atoms with van der Waals surface area (Å²) in [5.74, 6) is 0. The molecule has 0 amide bonds. The fraction of sp³-hybridized carbons (Fsp3) is 0.474. The molecule has 3 nitrogen and oxygen atoms in total. The predicted molar refractivity (Wildman–Crippen MR) is 104 cm³/mol. The van der Waals surface area contributed by atoms with Gasteiger partial charge in [0.1, 0.15) is 0 Å². The number of thioether (sulfide) groups is 2. The number of fused-ring (bicyclic) bond motifs is 1. The van der Waals surface area contributed by atoms with Gasteiger partial charge in [-0.3, -0.25) is 9.36 Å². The van der Waals surface area contributed by atoms with Crippen molar-refractivity contribution in [2.24, 2.45) is 0 Å². The maximum absolute atomic E-state index is 13.2. The standard InChI is InChI=1S/C19H24N2OS2/c1-6-13(4)24-19-20-16-10-14(5)23-17(16)18(22)21(19)15-8-11(2)7-12(3)9-15/h7-9,13-14H,6,10H2,1-5H3/t13-,14-/m0/s1. The first-order chi connectivity index (χ1) is 11.4. The summed E-state index contributed by atoms with van der Waals surface area (Å²) in [5, 5.41) is 1.68. The second-order valence-corrected chi connectivity index (χ2v) is 9.48. The molecule has 1 aliphatic rings. The lowest BCUT2D eigenvalue weighted by Crippen LogP contribution is -2.24. The highest BCUT2D eigenvalue weighted by Crippen LogP contribution is 2.35. The van der Waals surface area contributed by atoms with E-state index in [4.69, 9.17) is 4.98 Å². The van der Waals surface area contributed by atoms with Gasteiger partial charge in [-0.25, -0.2) is 4.98 Å². The van der Waals surface area contributed by atoms with E-state index in [0.717, 1.165) is 45.4 Å². The van der Waals surface area contributed by atoms with Crippen LogP contribution in [0.1, 0.15) is 44.0 Å². The van der Waals surface area contributed by atoms with Crippen LogP contribution in [0.3, 0.4) is 0 Å². The van der Waals surface area contributed by atoms with Gasteiger partial charge in [-0.15, -0.1) is 11.8 Å². The highest BCUT2D eigenvalue weighted by atomic mass is 32.2. The number of hydrogen-bond donors (Lipinski definition) is 0. The first kappa shape index (κ1) is 17.6. The molecule has 1 aromatic carbocycles. The van der Waals surface area contributed by atoms with E-state index in [1.807, 2.05) is 4.57 Å². The van der Waals surface area contributed by atoms with E-state index in [0.29, 0.717) is 10.5 Å². The minimum absolute atomic E-state index is 0.0881. The van der Waals surface area contributed by atoms with Crippen molar-refractivity contribution in [2.75, 3.05) is 0 Å². The third kappa shape index (κ3) is 3.42. The van der Waals surface area contributed by atoms with Crippen LogP contribution < -0.4 is 5.56 Å². The van der Waals surface area contributed by atoms with Crippen molar-refractivity contribution >= 4 is 23.5 Å². The Morgan fingerprint density at radius 2 is 2.00 bits per heavy atom. The van der Waals surface area contributed by atoms with Gasteiger partial charge in [0.25, 0.3) is 5.56 Å². The van der Waals surface area contributed by atoms with Crippen LogP contribution in [0, 0.1) is 13.8 Å². The van der Waals surface area contributed by atoms with Crippen molar-refractivity contribution in [3.8, 4) is 5.69 Å². The van der Waals surface area contributed by atoms with Crippen molar-refractivity contribution in [1.82, 2.24) is 9.55 Å². The molecule has 3 rings (SSSR count). The zero-order chi connectivity index (χ0) is 17.4. The lowest BCUT2D eigenvalue weighted by Gasteiger charge is -2.17. The normalized spacial score (nSPS) is 17.8. The molecule has 2 heterocycles. The summed E-state index contributed by atoms with van der Waals surface area (Å²) in [4.78, 5) is 18.9. The fourth-order valence-electron chi connectivity index (χ4n) is 2.95. The Morgan fingerprint density at radius 3 is 2.62 bits per heavy atom. The molecule has 0 unspecified atom stereocenters. The summed E-state index contributed by atoms with van der Waals surface area (Å²) in [6, 6.07) is 6.28. The van der Waals surface area contributed by atoms with Gasteiger partial charge in [-0.05, 0) is 43.5 Å². The van der Waals surface area contributed by atoms with Crippen LogP contribution in [-0.2, 0) is 6.42 Å². The zero-order valence-corrected chi connectivity index (χ0v) is 16.6. The van der Waals surface area contributed by atoms with Crippen LogP contribution in [0.15, 0.2) is 33.0 Å². The third-order valence-corrected chi connectivity index (χ3v) is 6.66. The smallest absolute Gasteiger partial charge is 0.268 e. The summed E-state index contributed by atoms with van der Waals surface area (Å²) in [5.41, 5.74) is 4.32. The van der Waals surface area contributed by atoms with E-state index in [1.165, 1.54) is 0 Å². The summed E-state index contributed by atoms with van der Waals surface area (Å²) >= 11 is 3.36. The molecule has 2 aromatic rings. The number of aromatic nitrogens is 2. The molecule has 0 spiro atoms. The lowest BCUT2D eigenvalue weighted by molar-refractivity contribution is 0.725. The van der Waals surface area contributed by atoms with E-state index in [2.05, 4.69) is 52.8 Å². The molecule has 24 heavy (non-hydrogen) atoms. The average molecular weight is 361 g/mol. The van der Waals surface area contributed by atoms with E-state index in [1.54, 1.807) is 23.5 Å². The van der Waals surface area contributed by atoms with Crippen LogP contribution >= 0.6 is 23.5 Å². The van der Waals surface area contributed by atoms with Crippen molar-refractivity contribution in [2.45, 2.75) is 68.0 Å². The van der Waals surface area contributed by atoms with Gasteiger partial charge < -0.3 is 0 Å². The van der Waals surface area contributed by atoms with Crippen LogP contribution in [0.25, 0.3) is 5.69 Å². The van der Waals surface area contributed by atoms with Crippen molar-refractivity contribution in [1.29, 1.82) is 0 Å². The number of hydrogen-bond acceptors (Lipinski definition) is 4. The lowest BCUT2D eigenvalue weighted by atomic mass is 10.1. The minimum Gasteiger partial charge on any atom is -0.268 e. The molecule has 2 atom stereocenters. The van der Waals surface area contributed by atoms with E-state index >= 15 is 0 Å². The van der Waals surface area contributed by atoms with Gasteiger partial charge in [0.2, 0.25) is 0 Å². The Hall–Kier alpha value is -1.20. The summed E-state index contributed by atoms with van der Waals surface area (Å²) < 4.78 is 1.82. The molecule has 128 valence electrons. The average Bonchev–Trinajstić information content (AvgIpc) is 2.87. The van der Waals surface area contributed by atoms with E-state index in [9.17, 15) is 4.79 Å². The van der Waals surface area contributed by atoms with Crippen molar-refractivity contribution < 1.29 is 0 Å². The number of nitrogens with zero attached hydrogens (tertiary/aromatic N) is 2. The third-order valence-electron chi connectivity index (χ3n) is 4.23. The molecule has 1 aliphatic heterocycles. The largest absolute Gasteiger partial charge is 0.272 e. The van der Waals surface area contributed by atoms with Gasteiger partial charge in [0.15, 0.2) is 5.16 Å². The molecule has 0 bridgehead atoms. The Bertz CT molecular complexity index is 809. The fourth-order valence-corrected chi connectivity index (χ4v) is 5.03. The zero-order valence-electron chi connectivity index (χ0n) is 14.9. The molecule has 0 N–H and O–H groups in total. The van der Waals surface area contributed by atoms with Crippen LogP contribution in [-0.4, -0.2) is 20.1 Å². The van der Waals surface area contributed by atoms with Gasteiger partial charge in [-0.2, -0.15) is 0 Å². The first-order valence-corrected chi connectivity index (χ1v) is 10.2. The molecule has 0 saturated heterocycles. The number of aryl methyl sites for hydroxylation is 2. The minimum atomic E-state index is 0.0881. The molecule has 5 heteroatoms. The molecular formula is C19H24N2OS2. The Balaban J connectivity index is 2.22. The number of rotatable bonds is 4.